The molecule has 1 aromatic heterocycles. The number of hydrogen-bond acceptors (Lipinski definition) is 9. The number of rotatable bonds is 7. The molecule has 5 N–H and O–H groups in total. The van der Waals surface area contributed by atoms with E-state index in [1.54, 1.807) is 18.2 Å². The molecular weight excluding hydrogens is 437 g/mol. The Hall–Kier alpha value is -2.57. The topological polar surface area (TPSA) is 185 Å². The number of hydrogen-bond donors (Lipinski definition) is 5. The number of carbonyl (C=O) groups excluding carboxylic acids is 2. The van der Waals surface area contributed by atoms with Crippen molar-refractivity contribution in [3.63, 3.8) is 0 Å². The molecule has 0 amide bonds. The number of H-pyrrole nitrogens is 1. The monoisotopic (exact) mass is 457 g/mol. The Balaban J connectivity index is 1.92. The lowest BCUT2D eigenvalue weighted by Crippen LogP contribution is -2.61. The molecule has 0 spiro atoms. The predicted octanol–water partition coefficient (Wildman–Crippen LogP) is -0.0469. The van der Waals surface area contributed by atoms with Crippen molar-refractivity contribution in [2.75, 3.05) is 6.61 Å². The van der Waals surface area contributed by atoms with Gasteiger partial charge < -0.3 is 39.2 Å². The van der Waals surface area contributed by atoms with Crippen LogP contribution in [0.4, 0.5) is 0 Å². The van der Waals surface area contributed by atoms with E-state index in [0.717, 1.165) is 0 Å². The van der Waals surface area contributed by atoms with Crippen LogP contribution in [-0.4, -0.2) is 74.2 Å². The molecule has 1 aliphatic rings. The molecule has 12 nitrogen and oxygen atoms in total. The van der Waals surface area contributed by atoms with Crippen molar-refractivity contribution in [1.82, 2.24) is 4.98 Å². The van der Waals surface area contributed by atoms with E-state index in [-0.39, 0.29) is 11.3 Å². The first-order valence-corrected chi connectivity index (χ1v) is 10.5. The maximum Gasteiger partial charge on any atom is 0.470 e. The van der Waals surface area contributed by atoms with Crippen LogP contribution in [0.5, 0.6) is 0 Å². The van der Waals surface area contributed by atoms with E-state index >= 15 is 0 Å². The van der Waals surface area contributed by atoms with E-state index in [0.29, 0.717) is 0 Å². The zero-order valence-electron chi connectivity index (χ0n) is 15.8. The fourth-order valence-electron chi connectivity index (χ4n) is 2.93. The molecule has 13 heteroatoms. The maximum atomic E-state index is 12.5. The van der Waals surface area contributed by atoms with Crippen LogP contribution >= 0.6 is 7.82 Å². The molecule has 0 bridgehead atoms. The van der Waals surface area contributed by atoms with Gasteiger partial charge in [-0.3, -0.25) is 4.52 Å². The maximum absolute atomic E-state index is 12.5. The Labute approximate surface area is 175 Å². The minimum atomic E-state index is -5.21. The number of phosphoric acid groups is 1. The predicted molar refractivity (Wildman–Crippen MR) is 101 cm³/mol. The van der Waals surface area contributed by atoms with Gasteiger partial charge in [0.1, 0.15) is 24.0 Å². The minimum absolute atomic E-state index is 0.0101. The zero-order valence-corrected chi connectivity index (χ0v) is 16.7. The molecule has 1 aliphatic heterocycles. The highest BCUT2D eigenvalue weighted by molar-refractivity contribution is 7.46. The molecule has 31 heavy (non-hydrogen) atoms. The van der Waals surface area contributed by atoms with Crippen LogP contribution in [0.2, 0.25) is 0 Å². The summed E-state index contributed by atoms with van der Waals surface area (Å²) in [7, 11) is -5.21. The number of aromatic amines is 1. The largest absolute Gasteiger partial charge is 0.470 e. The Morgan fingerprint density at radius 1 is 1.03 bits per heavy atom. The third-order valence-electron chi connectivity index (χ3n) is 4.35. The van der Waals surface area contributed by atoms with Crippen LogP contribution in [0.3, 0.4) is 0 Å². The highest BCUT2D eigenvalue weighted by Crippen LogP contribution is 2.42. The Morgan fingerprint density at radius 3 is 2.32 bits per heavy atom. The molecule has 3 rings (SSSR count). The first kappa shape index (κ1) is 23.1. The minimum Gasteiger partial charge on any atom is -0.449 e. The van der Waals surface area contributed by atoms with Crippen molar-refractivity contribution in [2.45, 2.75) is 30.7 Å². The summed E-state index contributed by atoms with van der Waals surface area (Å²) in [5.41, 5.74) is 0.0847. The molecule has 2 heterocycles. The number of nitrogens with one attached hydrogen (secondary N) is 1. The van der Waals surface area contributed by atoms with Gasteiger partial charge in [0, 0.05) is 6.20 Å². The van der Waals surface area contributed by atoms with E-state index in [1.807, 2.05) is 0 Å². The molecule has 0 unspecified atom stereocenters. The van der Waals surface area contributed by atoms with Crippen molar-refractivity contribution < 1.29 is 52.9 Å². The molecule has 1 fully saturated rings. The molecule has 0 aliphatic carbocycles. The second kappa shape index (κ2) is 9.71. The average Bonchev–Trinajstić information content (AvgIpc) is 3.27. The second-order valence-corrected chi connectivity index (χ2v) is 7.69. The van der Waals surface area contributed by atoms with Gasteiger partial charge in [0.15, 0.2) is 6.10 Å². The summed E-state index contributed by atoms with van der Waals surface area (Å²) in [5, 5.41) is 19.9. The Kier molecular flexibility index (Phi) is 7.23. The van der Waals surface area contributed by atoms with Gasteiger partial charge in [0.25, 0.3) is 0 Å². The number of benzene rings is 1. The van der Waals surface area contributed by atoms with Crippen LogP contribution in [0, 0.1) is 0 Å². The fraction of sp³-hybridized carbons (Fsp3) is 0.333. The van der Waals surface area contributed by atoms with Crippen molar-refractivity contribution in [2.24, 2.45) is 0 Å². The summed E-state index contributed by atoms with van der Waals surface area (Å²) >= 11 is 0. The van der Waals surface area contributed by atoms with Crippen LogP contribution in [0.15, 0.2) is 48.7 Å². The quantitative estimate of drug-likeness (QED) is 0.277. The normalized spacial score (nSPS) is 26.3. The van der Waals surface area contributed by atoms with E-state index in [4.69, 9.17) is 14.2 Å². The van der Waals surface area contributed by atoms with Crippen LogP contribution in [0.1, 0.15) is 20.8 Å². The zero-order chi connectivity index (χ0) is 22.6. The van der Waals surface area contributed by atoms with Gasteiger partial charge >= 0.3 is 19.8 Å². The molecule has 1 aromatic carbocycles. The van der Waals surface area contributed by atoms with Gasteiger partial charge in [-0.25, -0.2) is 14.2 Å². The van der Waals surface area contributed by atoms with Gasteiger partial charge in [-0.15, -0.1) is 0 Å². The lowest BCUT2D eigenvalue weighted by Gasteiger charge is -2.42. The third kappa shape index (κ3) is 5.77. The van der Waals surface area contributed by atoms with Crippen molar-refractivity contribution >= 4 is 19.8 Å². The number of phosphoric ester groups is 1. The van der Waals surface area contributed by atoms with E-state index in [9.17, 15) is 34.2 Å². The van der Waals surface area contributed by atoms with Gasteiger partial charge in [-0.2, -0.15) is 0 Å². The molecule has 5 atom stereocenters. The van der Waals surface area contributed by atoms with Gasteiger partial charge in [0.2, 0.25) is 6.29 Å². The average molecular weight is 457 g/mol. The summed E-state index contributed by atoms with van der Waals surface area (Å²) in [5.74, 6) is -1.90. The van der Waals surface area contributed by atoms with Gasteiger partial charge in [-0.1, -0.05) is 18.2 Å². The lowest BCUT2D eigenvalue weighted by atomic mass is 9.99. The van der Waals surface area contributed by atoms with E-state index in [1.165, 1.54) is 30.5 Å². The Morgan fingerprint density at radius 2 is 1.74 bits per heavy atom. The molecular formula is C18H20NO11P. The summed E-state index contributed by atoms with van der Waals surface area (Å²) < 4.78 is 31.9. The summed E-state index contributed by atoms with van der Waals surface area (Å²) in [6, 6.07) is 10.5. The summed E-state index contributed by atoms with van der Waals surface area (Å²) in [6.45, 7) is -0.807. The molecule has 2 aromatic rings. The molecule has 168 valence electrons. The fourth-order valence-corrected chi connectivity index (χ4v) is 3.49. The van der Waals surface area contributed by atoms with Crippen LogP contribution < -0.4 is 0 Å². The summed E-state index contributed by atoms with van der Waals surface area (Å²) in [4.78, 5) is 46.0. The van der Waals surface area contributed by atoms with E-state index in [2.05, 4.69) is 9.51 Å². The summed E-state index contributed by atoms with van der Waals surface area (Å²) in [6.07, 6.45) is -7.26. The number of ether oxygens (including phenoxy) is 3. The van der Waals surface area contributed by atoms with E-state index < -0.39 is 57.1 Å². The molecule has 0 radical (unpaired) electrons. The highest BCUT2D eigenvalue weighted by Gasteiger charge is 2.52. The second-order valence-electron chi connectivity index (χ2n) is 6.50. The SMILES string of the molecule is O=C(O[C@H]1[C@H](OC(=O)c2ccc[nH]2)O[C@H](CO)[C@@H](O)[C@@H]1OP(=O)(O)O)c1ccccc1. The Bertz CT molecular complexity index is 929. The smallest absolute Gasteiger partial charge is 0.449 e. The number of carbonyl (C=O) groups is 2. The first-order chi connectivity index (χ1) is 14.7. The van der Waals surface area contributed by atoms with Crippen molar-refractivity contribution in [3.8, 4) is 0 Å². The van der Waals surface area contributed by atoms with Gasteiger partial charge in [0.05, 0.1) is 12.2 Å². The first-order valence-electron chi connectivity index (χ1n) is 8.98. The number of aromatic nitrogens is 1. The van der Waals surface area contributed by atoms with Crippen molar-refractivity contribution in [3.05, 3.63) is 59.9 Å². The standard InChI is InChI=1S/C18H20NO11P/c20-9-12-13(21)14(30-31(24,25)26)15(28-16(22)10-5-2-1-3-6-10)18(27-12)29-17(23)11-7-4-8-19-11/h1-8,12-15,18-21H,9H2,(H2,24,25,26)/t12-,13-,14+,15-,18+/m1/s1. The van der Waals surface area contributed by atoms with Crippen molar-refractivity contribution in [1.29, 1.82) is 0 Å². The van der Waals surface area contributed by atoms with Crippen LogP contribution in [0.25, 0.3) is 0 Å². The van der Waals surface area contributed by atoms with Gasteiger partial charge in [-0.05, 0) is 24.3 Å². The van der Waals surface area contributed by atoms with Crippen LogP contribution in [-0.2, 0) is 23.3 Å². The number of esters is 2. The lowest BCUT2D eigenvalue weighted by molar-refractivity contribution is -0.281. The number of aliphatic hydroxyl groups excluding tert-OH is 2. The third-order valence-corrected chi connectivity index (χ3v) is 4.87. The highest BCUT2D eigenvalue weighted by atomic mass is 31.2. The molecule has 1 saturated heterocycles. The number of aliphatic hydroxyl groups is 2. The molecule has 0 saturated carbocycles.